The molecule has 0 atom stereocenters. The van der Waals surface area contributed by atoms with Crippen molar-refractivity contribution in [3.05, 3.63) is 77.4 Å². The molecule has 3 aromatic rings. The first kappa shape index (κ1) is 26.7. The molecule has 0 fully saturated rings. The highest BCUT2D eigenvalue weighted by Crippen LogP contribution is 2.27. The molecule has 0 heterocycles. The summed E-state index contributed by atoms with van der Waals surface area (Å²) in [6.07, 6.45) is 1.34. The van der Waals surface area contributed by atoms with E-state index in [1.54, 1.807) is 42.5 Å². The van der Waals surface area contributed by atoms with Crippen LogP contribution in [0.2, 0.25) is 0 Å². The Bertz CT molecular complexity index is 1320. The fourth-order valence-corrected chi connectivity index (χ4v) is 3.15. The van der Waals surface area contributed by atoms with E-state index >= 15 is 0 Å². The second kappa shape index (κ2) is 12.7. The average Bonchev–Trinajstić information content (AvgIpc) is 2.89. The summed E-state index contributed by atoms with van der Waals surface area (Å²) in [4.78, 5) is 36.4. The van der Waals surface area contributed by atoms with Crippen LogP contribution in [0.1, 0.15) is 16.7 Å². The second-order valence-electron chi connectivity index (χ2n) is 7.93. The van der Waals surface area contributed by atoms with Gasteiger partial charge in [0.2, 0.25) is 0 Å². The van der Waals surface area contributed by atoms with E-state index in [4.69, 9.17) is 14.2 Å². The molecular weight excluding hydrogens is 476 g/mol. The zero-order valence-corrected chi connectivity index (χ0v) is 21.0. The Morgan fingerprint density at radius 1 is 0.811 bits per heavy atom. The van der Waals surface area contributed by atoms with Gasteiger partial charge < -0.3 is 24.8 Å². The molecule has 0 unspecified atom stereocenters. The third-order valence-corrected chi connectivity index (χ3v) is 5.25. The van der Waals surface area contributed by atoms with E-state index in [9.17, 15) is 14.4 Å². The van der Waals surface area contributed by atoms with Crippen LogP contribution in [0.25, 0.3) is 0 Å². The number of carbonyl (C=O) groups excluding carboxylic acids is 3. The minimum Gasteiger partial charge on any atom is -0.497 e. The number of aryl methyl sites for hydroxylation is 2. The molecule has 0 aliphatic carbocycles. The lowest BCUT2D eigenvalue weighted by atomic mass is 10.1. The van der Waals surface area contributed by atoms with Crippen LogP contribution in [0.4, 0.5) is 11.4 Å². The van der Waals surface area contributed by atoms with E-state index in [1.165, 1.54) is 20.4 Å². The van der Waals surface area contributed by atoms with E-state index in [2.05, 4.69) is 21.2 Å². The number of carbonyl (C=O) groups is 3. The van der Waals surface area contributed by atoms with E-state index < -0.39 is 11.8 Å². The molecule has 0 aliphatic rings. The van der Waals surface area contributed by atoms with Crippen molar-refractivity contribution in [2.75, 3.05) is 31.5 Å². The van der Waals surface area contributed by atoms with Gasteiger partial charge in [0.25, 0.3) is 5.91 Å². The third kappa shape index (κ3) is 7.82. The molecule has 0 spiro atoms. The average molecular weight is 505 g/mol. The fraction of sp³-hybridized carbons (Fsp3) is 0.185. The SMILES string of the molecule is COc1cccc(NC(=O)C(=O)NN=Cc2ccc(OCC(=O)Nc3ccc(C)c(C)c3)c(OC)c2)c1. The summed E-state index contributed by atoms with van der Waals surface area (Å²) in [7, 11) is 2.96. The van der Waals surface area contributed by atoms with Gasteiger partial charge in [0.15, 0.2) is 18.1 Å². The first-order valence-electron chi connectivity index (χ1n) is 11.3. The smallest absolute Gasteiger partial charge is 0.329 e. The van der Waals surface area contributed by atoms with Gasteiger partial charge in [-0.3, -0.25) is 14.4 Å². The topological polar surface area (TPSA) is 127 Å². The van der Waals surface area contributed by atoms with Crippen molar-refractivity contribution in [3.8, 4) is 17.2 Å². The van der Waals surface area contributed by atoms with E-state index in [-0.39, 0.29) is 12.5 Å². The van der Waals surface area contributed by atoms with Gasteiger partial charge in [-0.25, -0.2) is 5.43 Å². The zero-order chi connectivity index (χ0) is 26.8. The molecule has 37 heavy (non-hydrogen) atoms. The number of hydrogen-bond donors (Lipinski definition) is 3. The first-order valence-corrected chi connectivity index (χ1v) is 11.3. The summed E-state index contributed by atoms with van der Waals surface area (Å²) in [5, 5.41) is 9.06. The number of nitrogens with zero attached hydrogens (tertiary/aromatic N) is 1. The van der Waals surface area contributed by atoms with Crippen molar-refractivity contribution in [1.29, 1.82) is 0 Å². The highest BCUT2D eigenvalue weighted by Gasteiger charge is 2.13. The molecule has 3 rings (SSSR count). The molecule has 3 amide bonds. The lowest BCUT2D eigenvalue weighted by Gasteiger charge is -2.12. The van der Waals surface area contributed by atoms with E-state index in [0.29, 0.717) is 34.2 Å². The van der Waals surface area contributed by atoms with Crippen LogP contribution in [0.3, 0.4) is 0 Å². The molecule has 3 aromatic carbocycles. The van der Waals surface area contributed by atoms with Crippen LogP contribution in [0.5, 0.6) is 17.2 Å². The van der Waals surface area contributed by atoms with Crippen LogP contribution >= 0.6 is 0 Å². The lowest BCUT2D eigenvalue weighted by Crippen LogP contribution is -2.32. The van der Waals surface area contributed by atoms with Crippen molar-refractivity contribution in [2.24, 2.45) is 5.10 Å². The number of nitrogens with one attached hydrogen (secondary N) is 3. The van der Waals surface area contributed by atoms with Crippen molar-refractivity contribution in [1.82, 2.24) is 5.43 Å². The molecule has 10 heteroatoms. The molecule has 3 N–H and O–H groups in total. The van der Waals surface area contributed by atoms with E-state index in [1.807, 2.05) is 32.0 Å². The molecule has 0 saturated heterocycles. The summed E-state index contributed by atoms with van der Waals surface area (Å²) in [5.74, 6) is -0.876. The van der Waals surface area contributed by atoms with Crippen LogP contribution in [0.15, 0.2) is 65.8 Å². The number of anilines is 2. The first-order chi connectivity index (χ1) is 17.8. The van der Waals surface area contributed by atoms with Crippen LogP contribution < -0.4 is 30.3 Å². The number of ether oxygens (including phenoxy) is 3. The van der Waals surface area contributed by atoms with Crippen molar-refractivity contribution in [3.63, 3.8) is 0 Å². The molecular formula is C27H28N4O6. The number of hydrazone groups is 1. The van der Waals surface area contributed by atoms with Gasteiger partial charge in [-0.1, -0.05) is 12.1 Å². The van der Waals surface area contributed by atoms with Crippen molar-refractivity contribution < 1.29 is 28.6 Å². The predicted octanol–water partition coefficient (Wildman–Crippen LogP) is 3.43. The number of benzene rings is 3. The highest BCUT2D eigenvalue weighted by atomic mass is 16.5. The largest absolute Gasteiger partial charge is 0.497 e. The monoisotopic (exact) mass is 504 g/mol. The van der Waals surface area contributed by atoms with Crippen molar-refractivity contribution in [2.45, 2.75) is 13.8 Å². The Balaban J connectivity index is 1.53. The van der Waals surface area contributed by atoms with Crippen LogP contribution in [0, 0.1) is 13.8 Å². The standard InChI is InChI=1S/C27H28N4O6/c1-17-8-10-21(12-18(17)2)29-25(32)16-37-23-11-9-19(13-24(23)36-4)15-28-31-27(34)26(33)30-20-6-5-7-22(14-20)35-3/h5-15H,16H2,1-4H3,(H,29,32)(H,30,33)(H,31,34). The number of hydrogen-bond acceptors (Lipinski definition) is 7. The Kier molecular flexibility index (Phi) is 9.20. The molecule has 0 saturated carbocycles. The molecule has 0 bridgehead atoms. The Morgan fingerprint density at radius 2 is 1.59 bits per heavy atom. The van der Waals surface area contributed by atoms with Gasteiger partial charge in [-0.05, 0) is 73.0 Å². The summed E-state index contributed by atoms with van der Waals surface area (Å²) >= 11 is 0. The number of methoxy groups -OCH3 is 2. The fourth-order valence-electron chi connectivity index (χ4n) is 3.15. The molecule has 0 aromatic heterocycles. The van der Waals surface area contributed by atoms with E-state index in [0.717, 1.165) is 11.1 Å². The quantitative estimate of drug-likeness (QED) is 0.233. The zero-order valence-electron chi connectivity index (χ0n) is 21.0. The van der Waals surface area contributed by atoms with Gasteiger partial charge in [-0.2, -0.15) is 5.10 Å². The maximum atomic E-state index is 12.3. The van der Waals surface area contributed by atoms with Crippen LogP contribution in [-0.2, 0) is 14.4 Å². The minimum atomic E-state index is -0.944. The maximum Gasteiger partial charge on any atom is 0.329 e. The Hall–Kier alpha value is -4.86. The summed E-state index contributed by atoms with van der Waals surface area (Å²) in [6, 6.07) is 17.1. The van der Waals surface area contributed by atoms with Crippen LogP contribution in [-0.4, -0.2) is 44.8 Å². The van der Waals surface area contributed by atoms with Gasteiger partial charge in [0.05, 0.1) is 20.4 Å². The molecule has 192 valence electrons. The predicted molar refractivity (Wildman–Crippen MR) is 140 cm³/mol. The molecule has 10 nitrogen and oxygen atoms in total. The Labute approximate surface area is 214 Å². The summed E-state index contributed by atoms with van der Waals surface area (Å²) < 4.78 is 16.0. The maximum absolute atomic E-state index is 12.3. The third-order valence-electron chi connectivity index (χ3n) is 5.25. The van der Waals surface area contributed by atoms with Gasteiger partial charge in [-0.15, -0.1) is 0 Å². The molecule has 0 aliphatic heterocycles. The minimum absolute atomic E-state index is 0.213. The number of amides is 3. The highest BCUT2D eigenvalue weighted by molar-refractivity contribution is 6.39. The molecule has 0 radical (unpaired) electrons. The normalized spacial score (nSPS) is 10.5. The Morgan fingerprint density at radius 3 is 2.32 bits per heavy atom. The summed E-state index contributed by atoms with van der Waals surface area (Å²) in [6.45, 7) is 3.76. The van der Waals surface area contributed by atoms with Crippen molar-refractivity contribution >= 4 is 35.3 Å². The van der Waals surface area contributed by atoms with Gasteiger partial charge in [0, 0.05) is 17.4 Å². The number of rotatable bonds is 9. The lowest BCUT2D eigenvalue weighted by molar-refractivity contribution is -0.136. The van der Waals surface area contributed by atoms with Gasteiger partial charge in [0.1, 0.15) is 5.75 Å². The second-order valence-corrected chi connectivity index (χ2v) is 7.93. The summed E-state index contributed by atoms with van der Waals surface area (Å²) in [5.41, 5.74) is 6.04. The van der Waals surface area contributed by atoms with Gasteiger partial charge >= 0.3 is 11.8 Å².